The minimum atomic E-state index is -0.550. The number of nitrogens with zero attached hydrogens (tertiary/aromatic N) is 1. The number of ether oxygens (including phenoxy) is 1. The molecule has 0 unspecified atom stereocenters. The summed E-state index contributed by atoms with van der Waals surface area (Å²) < 4.78 is 4.92. The van der Waals surface area contributed by atoms with Gasteiger partial charge in [-0.05, 0) is 18.6 Å². The van der Waals surface area contributed by atoms with Gasteiger partial charge in [-0.3, -0.25) is 14.9 Å². The molecule has 90 valence electrons. The first-order chi connectivity index (χ1) is 8.08. The van der Waals surface area contributed by atoms with Crippen molar-refractivity contribution in [1.29, 1.82) is 0 Å². The Labute approximate surface area is 97.7 Å². The van der Waals surface area contributed by atoms with Gasteiger partial charge in [0, 0.05) is 6.07 Å². The molecule has 0 saturated carbocycles. The Morgan fingerprint density at radius 2 is 2.24 bits per heavy atom. The fourth-order valence-electron chi connectivity index (χ4n) is 1.57. The van der Waals surface area contributed by atoms with Gasteiger partial charge in [-0.1, -0.05) is 6.07 Å². The van der Waals surface area contributed by atoms with Gasteiger partial charge < -0.3 is 10.1 Å². The largest absolute Gasteiger partial charge is 0.377 e. The Kier molecular flexibility index (Phi) is 3.06. The molecule has 1 fully saturated rings. The van der Waals surface area contributed by atoms with E-state index in [1.54, 1.807) is 13.0 Å². The molecule has 17 heavy (non-hydrogen) atoms. The smallest absolute Gasteiger partial charge is 0.282 e. The minimum absolute atomic E-state index is 0.0392. The van der Waals surface area contributed by atoms with Crippen molar-refractivity contribution in [3.05, 3.63) is 39.4 Å². The van der Waals surface area contributed by atoms with Crippen LogP contribution in [0.25, 0.3) is 0 Å². The normalized spacial score (nSPS) is 15.1. The summed E-state index contributed by atoms with van der Waals surface area (Å²) >= 11 is 0. The van der Waals surface area contributed by atoms with Crippen LogP contribution in [0.5, 0.6) is 0 Å². The summed E-state index contributed by atoms with van der Waals surface area (Å²) in [6, 6.07) is 4.44. The number of carbonyl (C=O) groups excluding carboxylic acids is 1. The molecule has 1 aromatic carbocycles. The summed E-state index contributed by atoms with van der Waals surface area (Å²) in [5, 5.41) is 13.5. The molecule has 6 nitrogen and oxygen atoms in total. The number of hydrogen-bond donors (Lipinski definition) is 1. The van der Waals surface area contributed by atoms with Gasteiger partial charge in [0.15, 0.2) is 0 Å². The van der Waals surface area contributed by atoms with Crippen LogP contribution in [0.4, 0.5) is 5.69 Å². The van der Waals surface area contributed by atoms with Crippen molar-refractivity contribution in [3.63, 3.8) is 0 Å². The first-order valence-electron chi connectivity index (χ1n) is 5.21. The van der Waals surface area contributed by atoms with Crippen LogP contribution in [0.1, 0.15) is 15.9 Å². The SMILES string of the molecule is Cc1ccc([N+](=O)[O-])c(C(=O)NC2COC2)c1. The van der Waals surface area contributed by atoms with Crippen molar-refractivity contribution in [2.24, 2.45) is 0 Å². The van der Waals surface area contributed by atoms with Crippen molar-refractivity contribution in [2.75, 3.05) is 13.2 Å². The lowest BCUT2D eigenvalue weighted by molar-refractivity contribution is -0.385. The number of hydrogen-bond acceptors (Lipinski definition) is 4. The number of nitrogens with one attached hydrogen (secondary N) is 1. The van der Waals surface area contributed by atoms with Gasteiger partial charge >= 0.3 is 0 Å². The fraction of sp³-hybridized carbons (Fsp3) is 0.364. The Balaban J connectivity index is 2.25. The standard InChI is InChI=1S/C11H12N2O4/c1-7-2-3-10(13(15)16)9(4-7)11(14)12-8-5-17-6-8/h2-4,8H,5-6H2,1H3,(H,12,14). The van der Waals surface area contributed by atoms with Crippen LogP contribution in [0.15, 0.2) is 18.2 Å². The minimum Gasteiger partial charge on any atom is -0.377 e. The van der Waals surface area contributed by atoms with Gasteiger partial charge in [-0.2, -0.15) is 0 Å². The molecule has 0 atom stereocenters. The zero-order valence-corrected chi connectivity index (χ0v) is 9.30. The van der Waals surface area contributed by atoms with Crippen LogP contribution in [-0.4, -0.2) is 30.1 Å². The number of benzene rings is 1. The molecule has 1 N–H and O–H groups in total. The van der Waals surface area contributed by atoms with Crippen LogP contribution in [0.2, 0.25) is 0 Å². The topological polar surface area (TPSA) is 81.5 Å². The van der Waals surface area contributed by atoms with Gasteiger partial charge in [0.05, 0.1) is 24.2 Å². The van der Waals surface area contributed by atoms with Crippen LogP contribution in [0, 0.1) is 17.0 Å². The Bertz CT molecular complexity index is 469. The Morgan fingerprint density at radius 3 is 2.76 bits per heavy atom. The molecule has 1 heterocycles. The van der Waals surface area contributed by atoms with Crippen molar-refractivity contribution >= 4 is 11.6 Å². The highest BCUT2D eigenvalue weighted by Crippen LogP contribution is 2.20. The summed E-state index contributed by atoms with van der Waals surface area (Å²) in [4.78, 5) is 22.1. The molecule has 0 spiro atoms. The van der Waals surface area contributed by atoms with Gasteiger partial charge in [-0.15, -0.1) is 0 Å². The molecular formula is C11H12N2O4. The maximum atomic E-state index is 11.9. The number of amides is 1. The zero-order chi connectivity index (χ0) is 12.4. The highest BCUT2D eigenvalue weighted by Gasteiger charge is 2.25. The third-order valence-corrected chi connectivity index (χ3v) is 2.57. The second-order valence-corrected chi connectivity index (χ2v) is 3.99. The third kappa shape index (κ3) is 2.42. The van der Waals surface area contributed by atoms with E-state index in [2.05, 4.69) is 5.32 Å². The molecule has 1 aliphatic heterocycles. The van der Waals surface area contributed by atoms with E-state index in [0.29, 0.717) is 13.2 Å². The summed E-state index contributed by atoms with van der Waals surface area (Å²) in [6.07, 6.45) is 0. The number of aryl methyl sites for hydroxylation is 1. The second-order valence-electron chi connectivity index (χ2n) is 3.99. The molecule has 0 bridgehead atoms. The summed E-state index contributed by atoms with van der Waals surface area (Å²) in [7, 11) is 0. The van der Waals surface area contributed by atoms with Crippen LogP contribution < -0.4 is 5.32 Å². The van der Waals surface area contributed by atoms with Crippen molar-refractivity contribution in [1.82, 2.24) is 5.32 Å². The quantitative estimate of drug-likeness (QED) is 0.627. The summed E-state index contributed by atoms with van der Waals surface area (Å²) in [5.74, 6) is -0.423. The molecule has 1 aliphatic rings. The Hall–Kier alpha value is -1.95. The molecule has 0 aromatic heterocycles. The highest BCUT2D eigenvalue weighted by molar-refractivity contribution is 5.98. The second kappa shape index (κ2) is 4.50. The van der Waals surface area contributed by atoms with E-state index in [4.69, 9.17) is 4.74 Å². The number of nitro benzene ring substituents is 1. The van der Waals surface area contributed by atoms with Crippen LogP contribution >= 0.6 is 0 Å². The molecule has 1 aromatic rings. The first kappa shape index (κ1) is 11.5. The molecule has 1 amide bonds. The predicted octanol–water partition coefficient (Wildman–Crippen LogP) is 1.03. The lowest BCUT2D eigenvalue weighted by atomic mass is 10.1. The lowest BCUT2D eigenvalue weighted by Crippen LogP contribution is -2.48. The van der Waals surface area contributed by atoms with Gasteiger partial charge in [0.25, 0.3) is 11.6 Å². The maximum absolute atomic E-state index is 11.9. The molecule has 0 radical (unpaired) electrons. The lowest BCUT2D eigenvalue weighted by Gasteiger charge is -2.26. The number of carbonyl (C=O) groups is 1. The van der Waals surface area contributed by atoms with E-state index in [1.807, 2.05) is 0 Å². The summed E-state index contributed by atoms with van der Waals surface area (Å²) in [6.45, 7) is 2.71. The molecule has 2 rings (SSSR count). The van der Waals surface area contributed by atoms with E-state index in [1.165, 1.54) is 12.1 Å². The van der Waals surface area contributed by atoms with E-state index in [-0.39, 0.29) is 17.3 Å². The molecular weight excluding hydrogens is 224 g/mol. The van der Waals surface area contributed by atoms with Crippen molar-refractivity contribution in [3.8, 4) is 0 Å². The van der Waals surface area contributed by atoms with E-state index in [0.717, 1.165) is 5.56 Å². The maximum Gasteiger partial charge on any atom is 0.282 e. The average Bonchev–Trinajstić information content (AvgIpc) is 2.22. The van der Waals surface area contributed by atoms with Gasteiger partial charge in [0.2, 0.25) is 0 Å². The summed E-state index contributed by atoms with van der Waals surface area (Å²) in [5.41, 5.74) is 0.737. The van der Waals surface area contributed by atoms with Gasteiger partial charge in [0.1, 0.15) is 5.56 Å². The van der Waals surface area contributed by atoms with Crippen molar-refractivity contribution < 1.29 is 14.5 Å². The van der Waals surface area contributed by atoms with Crippen molar-refractivity contribution in [2.45, 2.75) is 13.0 Å². The molecule has 1 saturated heterocycles. The number of nitro groups is 1. The fourth-order valence-corrected chi connectivity index (χ4v) is 1.57. The Morgan fingerprint density at radius 1 is 1.53 bits per heavy atom. The number of rotatable bonds is 3. The van der Waals surface area contributed by atoms with E-state index in [9.17, 15) is 14.9 Å². The third-order valence-electron chi connectivity index (χ3n) is 2.57. The monoisotopic (exact) mass is 236 g/mol. The zero-order valence-electron chi connectivity index (χ0n) is 9.30. The van der Waals surface area contributed by atoms with E-state index >= 15 is 0 Å². The predicted molar refractivity (Wildman–Crippen MR) is 59.9 cm³/mol. The van der Waals surface area contributed by atoms with Crippen LogP contribution in [-0.2, 0) is 4.74 Å². The molecule has 6 heteroatoms. The van der Waals surface area contributed by atoms with E-state index < -0.39 is 10.8 Å². The average molecular weight is 236 g/mol. The van der Waals surface area contributed by atoms with Gasteiger partial charge in [-0.25, -0.2) is 0 Å². The first-order valence-corrected chi connectivity index (χ1v) is 5.21. The van der Waals surface area contributed by atoms with Crippen LogP contribution in [0.3, 0.4) is 0 Å². The molecule has 0 aliphatic carbocycles. The highest BCUT2D eigenvalue weighted by atomic mass is 16.6.